The van der Waals surface area contributed by atoms with Gasteiger partial charge in [-0.05, 0) is 18.6 Å². The van der Waals surface area contributed by atoms with Crippen molar-refractivity contribution in [2.24, 2.45) is 0 Å². The fraction of sp³-hybridized carbons (Fsp3) is 0.385. The van der Waals surface area contributed by atoms with Gasteiger partial charge in [0, 0.05) is 19.5 Å². The molecule has 1 fully saturated rings. The summed E-state index contributed by atoms with van der Waals surface area (Å²) >= 11 is 0. The van der Waals surface area contributed by atoms with Gasteiger partial charge in [0.2, 0.25) is 5.91 Å². The van der Waals surface area contributed by atoms with Gasteiger partial charge in [-0.3, -0.25) is 4.79 Å². The number of carbonyl (C=O) groups is 1. The third-order valence-electron chi connectivity index (χ3n) is 3.29. The quantitative estimate of drug-likeness (QED) is 0.720. The molecule has 1 amide bonds. The number of amides is 1. The molecular formula is C13H16N4O. The van der Waals surface area contributed by atoms with Crippen molar-refractivity contribution in [3.8, 4) is 0 Å². The predicted octanol–water partition coefficient (Wildman–Crippen LogP) is 0.502. The first kappa shape index (κ1) is 11.2. The van der Waals surface area contributed by atoms with E-state index < -0.39 is 0 Å². The zero-order valence-electron chi connectivity index (χ0n) is 10.3. The van der Waals surface area contributed by atoms with Crippen molar-refractivity contribution in [3.63, 3.8) is 0 Å². The van der Waals surface area contributed by atoms with Crippen molar-refractivity contribution in [2.45, 2.75) is 19.4 Å². The summed E-state index contributed by atoms with van der Waals surface area (Å²) in [4.78, 5) is 19.5. The molecule has 1 aromatic heterocycles. The highest BCUT2D eigenvalue weighted by atomic mass is 16.2. The van der Waals surface area contributed by atoms with Crippen molar-refractivity contribution in [3.05, 3.63) is 29.6 Å². The highest BCUT2D eigenvalue weighted by Crippen LogP contribution is 2.16. The fourth-order valence-electron chi connectivity index (χ4n) is 2.33. The number of imidazole rings is 1. The standard InChI is InChI=1S/C13H16N4O/c1-8-3-2-4-9-12(8)17-11(16-9)7-10-13(18)15-6-5-14-10/h2-4,10,14H,5-7H2,1H3,(H,15,18)(H,16,17). The first-order chi connectivity index (χ1) is 8.74. The van der Waals surface area contributed by atoms with E-state index >= 15 is 0 Å². The maximum absolute atomic E-state index is 11.7. The number of H-pyrrole nitrogens is 1. The van der Waals surface area contributed by atoms with Gasteiger partial charge in [-0.25, -0.2) is 4.98 Å². The molecule has 3 N–H and O–H groups in total. The number of fused-ring (bicyclic) bond motifs is 1. The van der Waals surface area contributed by atoms with Crippen LogP contribution in [0.1, 0.15) is 11.4 Å². The van der Waals surface area contributed by atoms with Crippen molar-refractivity contribution in [1.29, 1.82) is 0 Å². The second-order valence-electron chi connectivity index (χ2n) is 4.66. The second kappa shape index (κ2) is 4.42. The third-order valence-corrected chi connectivity index (χ3v) is 3.29. The summed E-state index contributed by atoms with van der Waals surface area (Å²) in [5, 5.41) is 6.06. The summed E-state index contributed by atoms with van der Waals surface area (Å²) in [6, 6.07) is 5.87. The summed E-state index contributed by atoms with van der Waals surface area (Å²) in [6.07, 6.45) is 0.597. The van der Waals surface area contributed by atoms with Crippen LogP contribution < -0.4 is 10.6 Å². The monoisotopic (exact) mass is 244 g/mol. The largest absolute Gasteiger partial charge is 0.353 e. The molecule has 1 aromatic carbocycles. The molecule has 0 spiro atoms. The molecule has 5 heteroatoms. The topological polar surface area (TPSA) is 69.8 Å². The fourth-order valence-corrected chi connectivity index (χ4v) is 2.33. The molecule has 18 heavy (non-hydrogen) atoms. The van der Waals surface area contributed by atoms with Crippen LogP contribution in [0.2, 0.25) is 0 Å². The molecule has 1 unspecified atom stereocenters. The maximum atomic E-state index is 11.7. The van der Waals surface area contributed by atoms with Crippen molar-refractivity contribution >= 4 is 16.9 Å². The number of nitrogens with zero attached hydrogens (tertiary/aromatic N) is 1. The lowest BCUT2D eigenvalue weighted by molar-refractivity contribution is -0.124. The Kier molecular flexibility index (Phi) is 2.76. The van der Waals surface area contributed by atoms with Crippen molar-refractivity contribution in [2.75, 3.05) is 13.1 Å². The minimum atomic E-state index is -0.181. The average Bonchev–Trinajstić information content (AvgIpc) is 2.76. The molecule has 0 saturated carbocycles. The first-order valence-electron chi connectivity index (χ1n) is 6.19. The molecule has 2 heterocycles. The molecular weight excluding hydrogens is 228 g/mol. The van der Waals surface area contributed by atoms with Gasteiger partial charge < -0.3 is 15.6 Å². The van der Waals surface area contributed by atoms with Crippen LogP contribution in [-0.2, 0) is 11.2 Å². The van der Waals surface area contributed by atoms with E-state index in [1.807, 2.05) is 25.1 Å². The van der Waals surface area contributed by atoms with E-state index in [1.54, 1.807) is 0 Å². The summed E-state index contributed by atoms with van der Waals surface area (Å²) < 4.78 is 0. The van der Waals surface area contributed by atoms with Crippen LogP contribution in [0.3, 0.4) is 0 Å². The van der Waals surface area contributed by atoms with Crippen LogP contribution >= 0.6 is 0 Å². The molecule has 2 aromatic rings. The minimum Gasteiger partial charge on any atom is -0.353 e. The van der Waals surface area contributed by atoms with Gasteiger partial charge in [-0.15, -0.1) is 0 Å². The number of rotatable bonds is 2. The lowest BCUT2D eigenvalue weighted by Gasteiger charge is -2.22. The second-order valence-corrected chi connectivity index (χ2v) is 4.66. The normalized spacial score (nSPS) is 20.1. The van der Waals surface area contributed by atoms with Gasteiger partial charge in [0.15, 0.2) is 0 Å². The highest BCUT2D eigenvalue weighted by molar-refractivity contribution is 5.83. The number of para-hydroxylation sites is 1. The minimum absolute atomic E-state index is 0.0541. The van der Waals surface area contributed by atoms with Crippen molar-refractivity contribution in [1.82, 2.24) is 20.6 Å². The van der Waals surface area contributed by atoms with Crippen molar-refractivity contribution < 1.29 is 4.79 Å². The van der Waals surface area contributed by atoms with Gasteiger partial charge in [0.1, 0.15) is 5.82 Å². The Morgan fingerprint density at radius 3 is 3.06 bits per heavy atom. The zero-order chi connectivity index (χ0) is 12.5. The zero-order valence-corrected chi connectivity index (χ0v) is 10.3. The number of aromatic amines is 1. The first-order valence-corrected chi connectivity index (χ1v) is 6.19. The van der Waals surface area contributed by atoms with E-state index in [4.69, 9.17) is 0 Å². The van der Waals surface area contributed by atoms with Crippen LogP contribution in [0, 0.1) is 6.92 Å². The van der Waals surface area contributed by atoms with E-state index in [2.05, 4.69) is 20.6 Å². The van der Waals surface area contributed by atoms with Crippen LogP contribution in [0.5, 0.6) is 0 Å². The third kappa shape index (κ3) is 1.97. The summed E-state index contributed by atoms with van der Waals surface area (Å²) in [6.45, 7) is 3.56. The van der Waals surface area contributed by atoms with E-state index in [0.29, 0.717) is 13.0 Å². The van der Waals surface area contributed by atoms with Gasteiger partial charge >= 0.3 is 0 Å². The molecule has 1 saturated heterocycles. The SMILES string of the molecule is Cc1cccc2[nH]c(CC3NCCNC3=O)nc12. The molecule has 1 aliphatic heterocycles. The lowest BCUT2D eigenvalue weighted by atomic mass is 10.1. The Labute approximate surface area is 105 Å². The number of benzene rings is 1. The van der Waals surface area contributed by atoms with E-state index in [-0.39, 0.29) is 11.9 Å². The van der Waals surface area contributed by atoms with Crippen LogP contribution in [0.25, 0.3) is 11.0 Å². The van der Waals surface area contributed by atoms with Gasteiger partial charge in [0.25, 0.3) is 0 Å². The molecule has 3 rings (SSSR count). The number of hydrogen-bond acceptors (Lipinski definition) is 3. The number of aryl methyl sites for hydroxylation is 1. The lowest BCUT2D eigenvalue weighted by Crippen LogP contribution is -2.53. The molecule has 0 radical (unpaired) electrons. The van der Waals surface area contributed by atoms with Gasteiger partial charge in [-0.2, -0.15) is 0 Å². The van der Waals surface area contributed by atoms with Gasteiger partial charge in [0.05, 0.1) is 17.1 Å². The predicted molar refractivity (Wildman–Crippen MR) is 69.3 cm³/mol. The van der Waals surface area contributed by atoms with Gasteiger partial charge in [-0.1, -0.05) is 12.1 Å². The Morgan fingerprint density at radius 1 is 1.39 bits per heavy atom. The molecule has 1 aliphatic rings. The Bertz CT molecular complexity index is 590. The Morgan fingerprint density at radius 2 is 2.28 bits per heavy atom. The summed E-state index contributed by atoms with van der Waals surface area (Å²) in [5.41, 5.74) is 3.17. The van der Waals surface area contributed by atoms with Crippen LogP contribution in [0.15, 0.2) is 18.2 Å². The molecule has 0 bridgehead atoms. The molecule has 94 valence electrons. The van der Waals surface area contributed by atoms with E-state index in [9.17, 15) is 4.79 Å². The number of carbonyl (C=O) groups excluding carboxylic acids is 1. The Hall–Kier alpha value is -1.88. The Balaban J connectivity index is 1.86. The molecule has 5 nitrogen and oxygen atoms in total. The number of aromatic nitrogens is 2. The average molecular weight is 244 g/mol. The van der Waals surface area contributed by atoms with Crippen LogP contribution in [-0.4, -0.2) is 35.0 Å². The van der Waals surface area contributed by atoms with Crippen LogP contribution in [0.4, 0.5) is 0 Å². The summed E-state index contributed by atoms with van der Waals surface area (Å²) in [7, 11) is 0. The summed E-state index contributed by atoms with van der Waals surface area (Å²) in [5.74, 6) is 0.910. The smallest absolute Gasteiger partial charge is 0.237 e. The number of nitrogens with one attached hydrogen (secondary N) is 3. The maximum Gasteiger partial charge on any atom is 0.237 e. The van der Waals surface area contributed by atoms with E-state index in [0.717, 1.165) is 29.0 Å². The number of hydrogen-bond donors (Lipinski definition) is 3. The van der Waals surface area contributed by atoms with E-state index in [1.165, 1.54) is 0 Å². The highest BCUT2D eigenvalue weighted by Gasteiger charge is 2.22. The number of piperazine rings is 1. The molecule has 1 atom stereocenters. The molecule has 0 aliphatic carbocycles.